The quantitative estimate of drug-likeness (QED) is 0.677. The van der Waals surface area contributed by atoms with E-state index in [2.05, 4.69) is 4.98 Å². The fourth-order valence-corrected chi connectivity index (χ4v) is 2.25. The number of nitrogens with zero attached hydrogens (tertiary/aromatic N) is 2. The van der Waals surface area contributed by atoms with Crippen molar-refractivity contribution >= 4 is 23.6 Å². The summed E-state index contributed by atoms with van der Waals surface area (Å²) < 4.78 is 2.00. The smallest absolute Gasteiger partial charge is 0.423 e. The van der Waals surface area contributed by atoms with Crippen molar-refractivity contribution in [3.05, 3.63) is 60.4 Å². The van der Waals surface area contributed by atoms with Crippen molar-refractivity contribution < 1.29 is 10.0 Å². The molecule has 0 fully saturated rings. The number of rotatable bonds is 3. The van der Waals surface area contributed by atoms with Crippen LogP contribution in [0, 0.1) is 0 Å². The lowest BCUT2D eigenvalue weighted by Crippen LogP contribution is -2.33. The van der Waals surface area contributed by atoms with Gasteiger partial charge in [0.15, 0.2) is 0 Å². The fourth-order valence-electron chi connectivity index (χ4n) is 2.25. The Kier molecular flexibility index (Phi) is 3.07. The summed E-state index contributed by atoms with van der Waals surface area (Å²) in [6.45, 7) is 0.564. The predicted molar refractivity (Wildman–Crippen MR) is 75.1 cm³/mol. The van der Waals surface area contributed by atoms with Crippen LogP contribution in [0.5, 0.6) is 0 Å². The largest absolute Gasteiger partial charge is 0.488 e. The van der Waals surface area contributed by atoms with Crippen LogP contribution in [-0.4, -0.2) is 26.7 Å². The molecule has 0 radical (unpaired) electrons. The van der Waals surface area contributed by atoms with Gasteiger partial charge >= 0.3 is 7.12 Å². The second-order valence-corrected chi connectivity index (χ2v) is 4.43. The van der Waals surface area contributed by atoms with Crippen LogP contribution in [-0.2, 0) is 6.54 Å². The summed E-state index contributed by atoms with van der Waals surface area (Å²) >= 11 is 0. The van der Waals surface area contributed by atoms with E-state index in [1.165, 1.54) is 0 Å². The first kappa shape index (κ1) is 12.0. The summed E-state index contributed by atoms with van der Waals surface area (Å²) in [6, 6.07) is 15.2. The van der Waals surface area contributed by atoms with Gasteiger partial charge in [0.1, 0.15) is 0 Å². The zero-order valence-electron chi connectivity index (χ0n) is 10.3. The minimum atomic E-state index is -1.45. The van der Waals surface area contributed by atoms with Gasteiger partial charge in [0, 0.05) is 6.54 Å². The summed E-state index contributed by atoms with van der Waals surface area (Å²) in [5.41, 5.74) is 3.37. The first-order valence-electron chi connectivity index (χ1n) is 6.09. The van der Waals surface area contributed by atoms with E-state index in [1.54, 1.807) is 18.5 Å². The number of aromatic nitrogens is 2. The van der Waals surface area contributed by atoms with Crippen molar-refractivity contribution in [3.8, 4) is 0 Å². The highest BCUT2D eigenvalue weighted by Gasteiger charge is 2.15. The molecule has 4 nitrogen and oxygen atoms in total. The molecule has 2 N–H and O–H groups in total. The molecule has 1 aromatic heterocycles. The monoisotopic (exact) mass is 252 g/mol. The van der Waals surface area contributed by atoms with Gasteiger partial charge in [-0.1, -0.05) is 36.4 Å². The maximum atomic E-state index is 9.38. The van der Waals surface area contributed by atoms with E-state index in [9.17, 15) is 10.0 Å². The highest BCUT2D eigenvalue weighted by molar-refractivity contribution is 6.59. The molecular weight excluding hydrogens is 239 g/mol. The minimum absolute atomic E-state index is 0.528. The Labute approximate surface area is 111 Å². The van der Waals surface area contributed by atoms with Crippen molar-refractivity contribution in [3.63, 3.8) is 0 Å². The summed E-state index contributed by atoms with van der Waals surface area (Å²) in [5, 5.41) is 18.8. The van der Waals surface area contributed by atoms with Crippen molar-refractivity contribution in [1.82, 2.24) is 9.55 Å². The number of benzene rings is 2. The van der Waals surface area contributed by atoms with Crippen LogP contribution < -0.4 is 5.46 Å². The van der Waals surface area contributed by atoms with Crippen molar-refractivity contribution in [2.45, 2.75) is 6.54 Å². The second-order valence-electron chi connectivity index (χ2n) is 4.43. The number of hydrogen-bond acceptors (Lipinski definition) is 3. The van der Waals surface area contributed by atoms with Crippen LogP contribution in [0.15, 0.2) is 54.9 Å². The third-order valence-corrected chi connectivity index (χ3v) is 3.20. The Hall–Kier alpha value is -2.11. The van der Waals surface area contributed by atoms with Crippen molar-refractivity contribution in [1.29, 1.82) is 0 Å². The maximum absolute atomic E-state index is 9.38. The summed E-state index contributed by atoms with van der Waals surface area (Å²) in [5.74, 6) is 0. The Balaban J connectivity index is 2.02. The number of imidazole rings is 1. The van der Waals surface area contributed by atoms with Crippen molar-refractivity contribution in [2.75, 3.05) is 0 Å². The first-order chi connectivity index (χ1) is 9.25. The standard InChI is InChI=1S/C14H13BN2O2/c18-15(19)12-6-2-1-5-11(12)9-17-10-16-13-7-3-4-8-14(13)17/h1-8,10,18-19H,9H2. The Morgan fingerprint density at radius 3 is 2.58 bits per heavy atom. The van der Waals surface area contributed by atoms with Crippen LogP contribution in [0.1, 0.15) is 5.56 Å². The Bertz CT molecular complexity index is 709. The molecule has 0 aliphatic rings. The van der Waals surface area contributed by atoms with Gasteiger partial charge < -0.3 is 14.6 Å². The van der Waals surface area contributed by atoms with E-state index in [0.29, 0.717) is 12.0 Å². The summed E-state index contributed by atoms with van der Waals surface area (Å²) in [6.07, 6.45) is 1.77. The average Bonchev–Trinajstić information content (AvgIpc) is 2.83. The van der Waals surface area contributed by atoms with E-state index in [4.69, 9.17) is 0 Å². The highest BCUT2D eigenvalue weighted by Crippen LogP contribution is 2.13. The van der Waals surface area contributed by atoms with Gasteiger partial charge in [-0.25, -0.2) is 4.98 Å². The van der Waals surface area contributed by atoms with Crippen LogP contribution in [0.25, 0.3) is 11.0 Å². The zero-order valence-corrected chi connectivity index (χ0v) is 10.3. The van der Waals surface area contributed by atoms with Gasteiger partial charge in [0.05, 0.1) is 17.4 Å². The molecule has 0 atom stereocenters. The van der Waals surface area contributed by atoms with Crippen LogP contribution >= 0.6 is 0 Å². The maximum Gasteiger partial charge on any atom is 0.488 e. The molecule has 0 unspecified atom stereocenters. The molecule has 19 heavy (non-hydrogen) atoms. The minimum Gasteiger partial charge on any atom is -0.423 e. The van der Waals surface area contributed by atoms with Gasteiger partial charge in [-0.3, -0.25) is 0 Å². The summed E-state index contributed by atoms with van der Waals surface area (Å²) in [7, 11) is -1.45. The molecule has 0 amide bonds. The van der Waals surface area contributed by atoms with Gasteiger partial charge in [-0.2, -0.15) is 0 Å². The topological polar surface area (TPSA) is 58.3 Å². The molecule has 5 heteroatoms. The van der Waals surface area contributed by atoms with Gasteiger partial charge in [0.2, 0.25) is 0 Å². The molecule has 0 saturated heterocycles. The van der Waals surface area contributed by atoms with E-state index in [0.717, 1.165) is 16.6 Å². The Morgan fingerprint density at radius 2 is 1.74 bits per heavy atom. The molecule has 1 heterocycles. The van der Waals surface area contributed by atoms with Crippen LogP contribution in [0.4, 0.5) is 0 Å². The highest BCUT2D eigenvalue weighted by atomic mass is 16.4. The number of fused-ring (bicyclic) bond motifs is 1. The molecular formula is C14H13BN2O2. The first-order valence-corrected chi connectivity index (χ1v) is 6.09. The zero-order chi connectivity index (χ0) is 13.2. The molecule has 2 aromatic carbocycles. The normalized spacial score (nSPS) is 10.8. The molecule has 0 aliphatic heterocycles. The van der Waals surface area contributed by atoms with Crippen LogP contribution in [0.3, 0.4) is 0 Å². The molecule has 94 valence electrons. The van der Waals surface area contributed by atoms with Crippen molar-refractivity contribution in [2.24, 2.45) is 0 Å². The Morgan fingerprint density at radius 1 is 1.00 bits per heavy atom. The number of hydrogen-bond donors (Lipinski definition) is 2. The third-order valence-electron chi connectivity index (χ3n) is 3.20. The molecule has 3 rings (SSSR count). The number of para-hydroxylation sites is 2. The van der Waals surface area contributed by atoms with E-state index < -0.39 is 7.12 Å². The molecule has 0 aliphatic carbocycles. The van der Waals surface area contributed by atoms with Gasteiger partial charge in [0.25, 0.3) is 0 Å². The van der Waals surface area contributed by atoms with Gasteiger partial charge in [-0.05, 0) is 23.2 Å². The lowest BCUT2D eigenvalue weighted by atomic mass is 9.77. The van der Waals surface area contributed by atoms with Crippen LogP contribution in [0.2, 0.25) is 0 Å². The second kappa shape index (κ2) is 4.88. The lowest BCUT2D eigenvalue weighted by Gasteiger charge is -2.10. The molecule has 0 saturated carbocycles. The van der Waals surface area contributed by atoms with E-state index in [-0.39, 0.29) is 0 Å². The SMILES string of the molecule is OB(O)c1ccccc1Cn1cnc2ccccc21. The lowest BCUT2D eigenvalue weighted by molar-refractivity contribution is 0.425. The predicted octanol–water partition coefficient (Wildman–Crippen LogP) is 0.764. The molecule has 0 bridgehead atoms. The molecule has 0 spiro atoms. The van der Waals surface area contributed by atoms with E-state index in [1.807, 2.05) is 41.0 Å². The molecule has 3 aromatic rings. The summed E-state index contributed by atoms with van der Waals surface area (Å²) in [4.78, 5) is 4.33. The third kappa shape index (κ3) is 2.25. The fraction of sp³-hybridized carbons (Fsp3) is 0.0714. The van der Waals surface area contributed by atoms with Gasteiger partial charge in [-0.15, -0.1) is 0 Å². The van der Waals surface area contributed by atoms with E-state index >= 15 is 0 Å². The average molecular weight is 252 g/mol.